The second kappa shape index (κ2) is 5.71. The Labute approximate surface area is 99.4 Å². The third kappa shape index (κ3) is 3.87. The number of amides is 1. The summed E-state index contributed by atoms with van der Waals surface area (Å²) in [6.07, 6.45) is -3.24. The molecule has 3 nitrogen and oxygen atoms in total. The fourth-order valence-corrected chi connectivity index (χ4v) is 2.09. The number of halogens is 3. The summed E-state index contributed by atoms with van der Waals surface area (Å²) in [5.74, 6) is -0.192. The SMILES string of the molecule is CCCC1NC(CC)N(CCC(F)(F)F)C1=O. The molecule has 0 aromatic rings. The first-order chi connectivity index (χ1) is 7.89. The van der Waals surface area contributed by atoms with Crippen LogP contribution in [0.4, 0.5) is 13.2 Å². The van der Waals surface area contributed by atoms with Crippen molar-refractivity contribution in [2.45, 2.75) is 57.9 Å². The largest absolute Gasteiger partial charge is 0.390 e. The van der Waals surface area contributed by atoms with Gasteiger partial charge in [0.1, 0.15) is 0 Å². The van der Waals surface area contributed by atoms with Crippen LogP contribution >= 0.6 is 0 Å². The number of hydrogen-bond acceptors (Lipinski definition) is 2. The lowest BCUT2D eigenvalue weighted by molar-refractivity contribution is -0.145. The van der Waals surface area contributed by atoms with Gasteiger partial charge in [0.15, 0.2) is 0 Å². The molecule has 1 N–H and O–H groups in total. The lowest BCUT2D eigenvalue weighted by atomic mass is 10.1. The van der Waals surface area contributed by atoms with Crippen LogP contribution in [-0.4, -0.2) is 35.7 Å². The molecular weight excluding hydrogens is 233 g/mol. The van der Waals surface area contributed by atoms with E-state index in [2.05, 4.69) is 5.32 Å². The van der Waals surface area contributed by atoms with E-state index in [-0.39, 0.29) is 24.7 Å². The summed E-state index contributed by atoms with van der Waals surface area (Å²) in [4.78, 5) is 13.2. The standard InChI is InChI=1S/C11H19F3N2O/c1-3-5-8-10(17)16(9(4-2)15-8)7-6-11(12,13)14/h8-9,15H,3-7H2,1-2H3. The molecule has 17 heavy (non-hydrogen) atoms. The van der Waals surface area contributed by atoms with Crippen molar-refractivity contribution in [3.05, 3.63) is 0 Å². The van der Waals surface area contributed by atoms with Crippen molar-refractivity contribution in [1.29, 1.82) is 0 Å². The minimum atomic E-state index is -4.21. The van der Waals surface area contributed by atoms with Crippen LogP contribution in [0.1, 0.15) is 39.5 Å². The highest BCUT2D eigenvalue weighted by molar-refractivity contribution is 5.84. The van der Waals surface area contributed by atoms with Crippen molar-refractivity contribution < 1.29 is 18.0 Å². The quantitative estimate of drug-likeness (QED) is 0.814. The Morgan fingerprint density at radius 1 is 1.35 bits per heavy atom. The van der Waals surface area contributed by atoms with Crippen LogP contribution in [0.2, 0.25) is 0 Å². The van der Waals surface area contributed by atoms with Gasteiger partial charge in [-0.3, -0.25) is 10.1 Å². The zero-order chi connectivity index (χ0) is 13.1. The maximum Gasteiger partial charge on any atom is 0.390 e. The highest BCUT2D eigenvalue weighted by Crippen LogP contribution is 2.23. The van der Waals surface area contributed by atoms with Crippen molar-refractivity contribution >= 4 is 5.91 Å². The van der Waals surface area contributed by atoms with Gasteiger partial charge in [0, 0.05) is 6.54 Å². The van der Waals surface area contributed by atoms with Crippen LogP contribution in [0.5, 0.6) is 0 Å². The zero-order valence-electron chi connectivity index (χ0n) is 10.2. The fourth-order valence-electron chi connectivity index (χ4n) is 2.09. The van der Waals surface area contributed by atoms with Crippen molar-refractivity contribution in [1.82, 2.24) is 10.2 Å². The van der Waals surface area contributed by atoms with Crippen molar-refractivity contribution in [3.8, 4) is 0 Å². The molecule has 1 heterocycles. The molecule has 0 aliphatic carbocycles. The fraction of sp³-hybridized carbons (Fsp3) is 0.909. The Balaban J connectivity index is 2.59. The normalized spacial score (nSPS) is 25.7. The molecule has 0 bridgehead atoms. The number of rotatable bonds is 5. The zero-order valence-corrected chi connectivity index (χ0v) is 10.2. The van der Waals surface area contributed by atoms with Crippen LogP contribution in [0.3, 0.4) is 0 Å². The third-order valence-corrected chi connectivity index (χ3v) is 2.95. The predicted molar refractivity (Wildman–Crippen MR) is 58.3 cm³/mol. The molecule has 0 aromatic carbocycles. The molecule has 0 aromatic heterocycles. The van der Waals surface area contributed by atoms with Crippen LogP contribution in [-0.2, 0) is 4.79 Å². The van der Waals surface area contributed by atoms with E-state index in [4.69, 9.17) is 0 Å². The van der Waals surface area contributed by atoms with Gasteiger partial charge < -0.3 is 4.90 Å². The smallest absolute Gasteiger partial charge is 0.325 e. The number of nitrogens with zero attached hydrogens (tertiary/aromatic N) is 1. The van der Waals surface area contributed by atoms with Crippen LogP contribution in [0, 0.1) is 0 Å². The second-order valence-electron chi connectivity index (χ2n) is 4.33. The van der Waals surface area contributed by atoms with Crippen molar-refractivity contribution in [2.24, 2.45) is 0 Å². The summed E-state index contributed by atoms with van der Waals surface area (Å²) in [7, 11) is 0. The predicted octanol–water partition coefficient (Wildman–Crippen LogP) is 2.28. The maximum absolute atomic E-state index is 12.2. The van der Waals surface area contributed by atoms with Crippen molar-refractivity contribution in [3.63, 3.8) is 0 Å². The van der Waals surface area contributed by atoms with Crippen LogP contribution in [0.15, 0.2) is 0 Å². The first-order valence-electron chi connectivity index (χ1n) is 6.02. The molecule has 1 amide bonds. The molecule has 2 unspecified atom stereocenters. The number of carbonyl (C=O) groups is 1. The molecule has 0 spiro atoms. The van der Waals surface area contributed by atoms with Gasteiger partial charge in [0.2, 0.25) is 5.91 Å². The number of carbonyl (C=O) groups excluding carboxylic acids is 1. The molecule has 2 atom stereocenters. The van der Waals surface area contributed by atoms with E-state index in [1.54, 1.807) is 0 Å². The molecule has 1 aliphatic rings. The summed E-state index contributed by atoms with van der Waals surface area (Å²) < 4.78 is 36.5. The van der Waals surface area contributed by atoms with Gasteiger partial charge >= 0.3 is 6.18 Å². The van der Waals surface area contributed by atoms with E-state index in [1.165, 1.54) is 4.90 Å². The van der Waals surface area contributed by atoms with E-state index < -0.39 is 12.6 Å². The molecule has 6 heteroatoms. The highest BCUT2D eigenvalue weighted by Gasteiger charge is 2.39. The Bertz CT molecular complexity index is 268. The molecule has 100 valence electrons. The number of alkyl halides is 3. The Morgan fingerprint density at radius 3 is 2.47 bits per heavy atom. The molecule has 1 aliphatic heterocycles. The maximum atomic E-state index is 12.2. The average Bonchev–Trinajstić information content (AvgIpc) is 2.52. The highest BCUT2D eigenvalue weighted by atomic mass is 19.4. The van der Waals surface area contributed by atoms with E-state index in [0.717, 1.165) is 6.42 Å². The van der Waals surface area contributed by atoms with E-state index in [0.29, 0.717) is 12.8 Å². The average molecular weight is 252 g/mol. The van der Waals surface area contributed by atoms with Crippen LogP contribution < -0.4 is 5.32 Å². The topological polar surface area (TPSA) is 32.3 Å². The first kappa shape index (κ1) is 14.3. The van der Waals surface area contributed by atoms with Gasteiger partial charge in [-0.15, -0.1) is 0 Å². The lowest BCUT2D eigenvalue weighted by Gasteiger charge is -2.23. The summed E-state index contributed by atoms with van der Waals surface area (Å²) >= 11 is 0. The Kier molecular flexibility index (Phi) is 4.80. The Hall–Kier alpha value is -0.780. The van der Waals surface area contributed by atoms with Gasteiger partial charge in [-0.25, -0.2) is 0 Å². The summed E-state index contributed by atoms with van der Waals surface area (Å²) in [5.41, 5.74) is 0. The monoisotopic (exact) mass is 252 g/mol. The minimum Gasteiger partial charge on any atom is -0.325 e. The second-order valence-corrected chi connectivity index (χ2v) is 4.33. The van der Waals surface area contributed by atoms with Gasteiger partial charge in [0.05, 0.1) is 18.6 Å². The molecule has 1 rings (SSSR count). The first-order valence-corrected chi connectivity index (χ1v) is 6.02. The summed E-state index contributed by atoms with van der Waals surface area (Å²) in [5, 5.41) is 3.09. The summed E-state index contributed by atoms with van der Waals surface area (Å²) in [6, 6.07) is -0.307. The molecule has 1 saturated heterocycles. The molecular formula is C11H19F3N2O. The molecule has 0 radical (unpaired) electrons. The van der Waals surface area contributed by atoms with E-state index in [1.807, 2.05) is 13.8 Å². The molecule has 1 fully saturated rings. The summed E-state index contributed by atoms with van der Waals surface area (Å²) in [6.45, 7) is 3.57. The van der Waals surface area contributed by atoms with Gasteiger partial charge in [-0.1, -0.05) is 20.3 Å². The third-order valence-electron chi connectivity index (χ3n) is 2.95. The van der Waals surface area contributed by atoms with Gasteiger partial charge in [-0.05, 0) is 12.8 Å². The Morgan fingerprint density at radius 2 is 2.00 bits per heavy atom. The number of nitrogens with one attached hydrogen (secondary N) is 1. The minimum absolute atomic E-state index is 0.192. The number of hydrogen-bond donors (Lipinski definition) is 1. The lowest BCUT2D eigenvalue weighted by Crippen LogP contribution is -2.38. The van der Waals surface area contributed by atoms with Crippen LogP contribution in [0.25, 0.3) is 0 Å². The van der Waals surface area contributed by atoms with Crippen molar-refractivity contribution in [2.75, 3.05) is 6.54 Å². The van der Waals surface area contributed by atoms with E-state index in [9.17, 15) is 18.0 Å². The van der Waals surface area contributed by atoms with Gasteiger partial charge in [-0.2, -0.15) is 13.2 Å². The van der Waals surface area contributed by atoms with E-state index >= 15 is 0 Å². The van der Waals surface area contributed by atoms with Gasteiger partial charge in [0.25, 0.3) is 0 Å². The molecule has 0 saturated carbocycles.